The molecule has 0 aromatic heterocycles. The van der Waals surface area contributed by atoms with E-state index >= 15 is 0 Å². The molecule has 0 spiro atoms. The van der Waals surface area contributed by atoms with Gasteiger partial charge in [-0.3, -0.25) is 0 Å². The van der Waals surface area contributed by atoms with Gasteiger partial charge in [0.1, 0.15) is 0 Å². The molecule has 0 saturated carbocycles. The van der Waals surface area contributed by atoms with Crippen LogP contribution in [0.25, 0.3) is 0 Å². The first kappa shape index (κ1) is 14.4. The second-order valence-corrected chi connectivity index (χ2v) is 6.34. The van der Waals surface area contributed by atoms with Crippen molar-refractivity contribution >= 4 is 34.3 Å². The van der Waals surface area contributed by atoms with Crippen LogP contribution in [0.1, 0.15) is 12.8 Å². The lowest BCUT2D eigenvalue weighted by molar-refractivity contribution is 0.158. The van der Waals surface area contributed by atoms with E-state index in [-0.39, 0.29) is 6.03 Å². The average molecular weight is 373 g/mol. The number of benzene rings is 1. The summed E-state index contributed by atoms with van der Waals surface area (Å²) in [6.07, 6.45) is 2.01. The number of hydrogen-bond donors (Lipinski definition) is 1. The smallest absolute Gasteiger partial charge is 0.319 e. The predicted molar refractivity (Wildman–Crippen MR) is 86.5 cm³/mol. The van der Waals surface area contributed by atoms with Crippen LogP contribution in [0.4, 0.5) is 10.5 Å². The minimum absolute atomic E-state index is 0.118. The van der Waals surface area contributed by atoms with E-state index in [4.69, 9.17) is 0 Å². The lowest BCUT2D eigenvalue weighted by Crippen LogP contribution is -2.46. The topological polar surface area (TPSA) is 35.6 Å². The van der Waals surface area contributed by atoms with Gasteiger partial charge in [0.25, 0.3) is 0 Å². The summed E-state index contributed by atoms with van der Waals surface area (Å²) in [5.41, 5.74) is 1.16. The number of halogens is 1. The lowest BCUT2D eigenvalue weighted by atomic mass is 10.0. The van der Waals surface area contributed by atoms with Gasteiger partial charge in [-0.1, -0.05) is 0 Å². The molecule has 1 aromatic carbocycles. The van der Waals surface area contributed by atoms with E-state index in [0.717, 1.165) is 31.6 Å². The molecule has 2 rings (SSSR count). The van der Waals surface area contributed by atoms with Crippen molar-refractivity contribution in [3.8, 4) is 0 Å². The van der Waals surface area contributed by atoms with Crippen molar-refractivity contribution in [3.05, 3.63) is 27.8 Å². The first-order valence-electron chi connectivity index (χ1n) is 6.54. The number of rotatable bonds is 2. The highest BCUT2D eigenvalue weighted by atomic mass is 127. The van der Waals surface area contributed by atoms with Gasteiger partial charge in [-0.25, -0.2) is 4.79 Å². The quantitative estimate of drug-likeness (QED) is 0.810. The number of piperidine rings is 1. The fraction of sp³-hybridized carbons (Fsp3) is 0.500. The minimum Gasteiger partial charge on any atom is -0.382 e. The van der Waals surface area contributed by atoms with Crippen LogP contribution in [-0.4, -0.2) is 49.1 Å². The molecule has 1 heterocycles. The predicted octanol–water partition coefficient (Wildman–Crippen LogP) is 2.85. The number of carbonyl (C=O) groups excluding carboxylic acids is 1. The number of hydrogen-bond acceptors (Lipinski definition) is 2. The number of amides is 2. The molecule has 19 heavy (non-hydrogen) atoms. The van der Waals surface area contributed by atoms with Crippen LogP contribution < -0.4 is 5.32 Å². The summed E-state index contributed by atoms with van der Waals surface area (Å²) in [4.78, 5) is 15.4. The van der Waals surface area contributed by atoms with Gasteiger partial charge in [0.15, 0.2) is 0 Å². The molecule has 0 aliphatic carbocycles. The summed E-state index contributed by atoms with van der Waals surface area (Å²) < 4.78 is 1.24. The Kier molecular flexibility index (Phi) is 4.90. The Balaban J connectivity index is 1.83. The van der Waals surface area contributed by atoms with Crippen molar-refractivity contribution in [2.24, 2.45) is 0 Å². The van der Waals surface area contributed by atoms with Crippen LogP contribution in [0.2, 0.25) is 0 Å². The van der Waals surface area contributed by atoms with E-state index in [2.05, 4.69) is 52.2 Å². The SMILES string of the molecule is CN(C)C(=O)N1CCC(Nc2ccc(I)cc2)CC1. The number of carbonyl (C=O) groups is 1. The molecule has 1 N–H and O–H groups in total. The van der Waals surface area contributed by atoms with Crippen LogP contribution in [-0.2, 0) is 0 Å². The van der Waals surface area contributed by atoms with E-state index in [0.29, 0.717) is 6.04 Å². The normalized spacial score (nSPS) is 16.3. The van der Waals surface area contributed by atoms with E-state index in [9.17, 15) is 4.79 Å². The Labute approximate surface area is 128 Å². The number of anilines is 1. The Morgan fingerprint density at radius 3 is 2.37 bits per heavy atom. The summed E-state index contributed by atoms with van der Waals surface area (Å²) in [7, 11) is 3.61. The van der Waals surface area contributed by atoms with Crippen molar-refractivity contribution < 1.29 is 4.79 Å². The van der Waals surface area contributed by atoms with Gasteiger partial charge in [0.2, 0.25) is 0 Å². The molecule has 1 saturated heterocycles. The third-order valence-corrected chi connectivity index (χ3v) is 4.08. The van der Waals surface area contributed by atoms with Crippen LogP contribution in [0.3, 0.4) is 0 Å². The molecular weight excluding hydrogens is 353 g/mol. The molecule has 1 aliphatic heterocycles. The summed E-state index contributed by atoms with van der Waals surface area (Å²) in [6, 6.07) is 9.01. The Morgan fingerprint density at radius 2 is 1.84 bits per heavy atom. The highest BCUT2D eigenvalue weighted by molar-refractivity contribution is 14.1. The maximum absolute atomic E-state index is 11.8. The molecule has 1 aromatic rings. The van der Waals surface area contributed by atoms with Crippen LogP contribution >= 0.6 is 22.6 Å². The molecule has 2 amide bonds. The average Bonchev–Trinajstić information content (AvgIpc) is 2.41. The minimum atomic E-state index is 0.118. The standard InChI is InChI=1S/C14H20IN3O/c1-17(2)14(19)18-9-7-13(8-10-18)16-12-5-3-11(15)4-6-12/h3-6,13,16H,7-10H2,1-2H3. The zero-order valence-electron chi connectivity index (χ0n) is 11.4. The second-order valence-electron chi connectivity index (χ2n) is 5.09. The van der Waals surface area contributed by atoms with Crippen molar-refractivity contribution in [1.29, 1.82) is 0 Å². The molecular formula is C14H20IN3O. The molecule has 0 unspecified atom stereocenters. The molecule has 1 fully saturated rings. The van der Waals surface area contributed by atoms with E-state index in [1.165, 1.54) is 3.57 Å². The molecule has 4 nitrogen and oxygen atoms in total. The Hall–Kier alpha value is -0.980. The number of nitrogens with zero attached hydrogens (tertiary/aromatic N) is 2. The summed E-state index contributed by atoms with van der Waals surface area (Å²) in [5.74, 6) is 0. The van der Waals surface area contributed by atoms with E-state index < -0.39 is 0 Å². The maximum atomic E-state index is 11.8. The highest BCUT2D eigenvalue weighted by Gasteiger charge is 2.23. The maximum Gasteiger partial charge on any atom is 0.319 e. The number of urea groups is 1. The fourth-order valence-corrected chi connectivity index (χ4v) is 2.64. The molecule has 0 radical (unpaired) electrons. The first-order chi connectivity index (χ1) is 9.06. The Morgan fingerprint density at radius 1 is 1.26 bits per heavy atom. The summed E-state index contributed by atoms with van der Waals surface area (Å²) >= 11 is 2.31. The van der Waals surface area contributed by atoms with Gasteiger partial charge >= 0.3 is 6.03 Å². The molecule has 5 heteroatoms. The molecule has 0 atom stereocenters. The van der Waals surface area contributed by atoms with Crippen molar-refractivity contribution in [1.82, 2.24) is 9.80 Å². The van der Waals surface area contributed by atoms with Gasteiger partial charge in [-0.2, -0.15) is 0 Å². The highest BCUT2D eigenvalue weighted by Crippen LogP contribution is 2.18. The van der Waals surface area contributed by atoms with Crippen LogP contribution in [0, 0.1) is 3.57 Å². The van der Waals surface area contributed by atoms with Crippen molar-refractivity contribution in [2.45, 2.75) is 18.9 Å². The monoisotopic (exact) mass is 373 g/mol. The molecule has 1 aliphatic rings. The third kappa shape index (κ3) is 3.99. The third-order valence-electron chi connectivity index (χ3n) is 3.36. The molecule has 0 bridgehead atoms. The van der Waals surface area contributed by atoms with Gasteiger partial charge in [0, 0.05) is 42.5 Å². The first-order valence-corrected chi connectivity index (χ1v) is 7.62. The fourth-order valence-electron chi connectivity index (χ4n) is 2.28. The zero-order valence-corrected chi connectivity index (χ0v) is 13.6. The van der Waals surface area contributed by atoms with E-state index in [1.807, 2.05) is 4.90 Å². The number of nitrogens with one attached hydrogen (secondary N) is 1. The van der Waals surface area contributed by atoms with Crippen LogP contribution in [0.5, 0.6) is 0 Å². The number of likely N-dealkylation sites (tertiary alicyclic amines) is 1. The summed E-state index contributed by atoms with van der Waals surface area (Å²) in [6.45, 7) is 1.66. The van der Waals surface area contributed by atoms with Gasteiger partial charge in [-0.05, 0) is 59.7 Å². The van der Waals surface area contributed by atoms with Gasteiger partial charge in [-0.15, -0.1) is 0 Å². The van der Waals surface area contributed by atoms with Crippen molar-refractivity contribution in [2.75, 3.05) is 32.5 Å². The second kappa shape index (κ2) is 6.45. The van der Waals surface area contributed by atoms with E-state index in [1.54, 1.807) is 19.0 Å². The van der Waals surface area contributed by atoms with Gasteiger partial charge in [0.05, 0.1) is 0 Å². The van der Waals surface area contributed by atoms with Gasteiger partial charge < -0.3 is 15.1 Å². The van der Waals surface area contributed by atoms with Crippen molar-refractivity contribution in [3.63, 3.8) is 0 Å². The lowest BCUT2D eigenvalue weighted by Gasteiger charge is -2.34. The largest absolute Gasteiger partial charge is 0.382 e. The molecule has 104 valence electrons. The zero-order chi connectivity index (χ0) is 13.8. The Bertz CT molecular complexity index is 425. The summed E-state index contributed by atoms with van der Waals surface area (Å²) in [5, 5.41) is 3.54. The van der Waals surface area contributed by atoms with Crippen LogP contribution in [0.15, 0.2) is 24.3 Å².